The zero-order valence-corrected chi connectivity index (χ0v) is 15.0. The molecule has 0 aliphatic heterocycles. The summed E-state index contributed by atoms with van der Waals surface area (Å²) in [4.78, 5) is 0. The molecular formula is C19H22O4Ti. The van der Waals surface area contributed by atoms with E-state index in [1.807, 2.05) is 18.2 Å². The van der Waals surface area contributed by atoms with Crippen LogP contribution in [0.1, 0.15) is 0 Å². The molecule has 3 aromatic carbocycles. The van der Waals surface area contributed by atoms with Gasteiger partial charge >= 0.3 is 0 Å². The number of aliphatic hydroxyl groups excluding tert-OH is 1. The molecule has 0 radical (unpaired) electrons. The van der Waals surface area contributed by atoms with E-state index in [9.17, 15) is 0 Å². The van der Waals surface area contributed by atoms with Crippen LogP contribution in [-0.4, -0.2) is 27.5 Å². The Balaban J connectivity index is 0. The maximum atomic E-state index is 8.63. The fourth-order valence-corrected chi connectivity index (χ4v) is 1.28. The maximum Gasteiger partial charge on any atom is 0.115 e. The van der Waals surface area contributed by atoms with Gasteiger partial charge in [-0.25, -0.2) is 0 Å². The van der Waals surface area contributed by atoms with Crippen LogP contribution in [0.2, 0.25) is 0 Å². The van der Waals surface area contributed by atoms with Crippen molar-refractivity contribution in [2.24, 2.45) is 0 Å². The minimum absolute atomic E-state index is 0. The molecule has 0 fully saturated rings. The summed E-state index contributed by atoms with van der Waals surface area (Å²) >= 11 is 0. The number of hydrogen-bond acceptors (Lipinski definition) is 4. The van der Waals surface area contributed by atoms with Crippen LogP contribution in [0, 0.1) is 0 Å². The minimum Gasteiger partial charge on any atom is -0.508 e. The van der Waals surface area contributed by atoms with E-state index in [4.69, 9.17) is 20.4 Å². The summed E-state index contributed by atoms with van der Waals surface area (Å²) in [7, 11) is 1.00. The molecule has 0 spiro atoms. The van der Waals surface area contributed by atoms with Crippen LogP contribution < -0.4 is 0 Å². The molecular weight excluding hydrogens is 340 g/mol. The SMILES string of the molecule is CO.Oc1ccccc1.Oc1ccccc1.Oc1ccccc1.[Ti]. The van der Waals surface area contributed by atoms with Gasteiger partial charge in [0.1, 0.15) is 17.2 Å². The number of aromatic hydroxyl groups is 3. The Morgan fingerprint density at radius 3 is 0.667 bits per heavy atom. The molecule has 5 heteroatoms. The van der Waals surface area contributed by atoms with Crippen molar-refractivity contribution >= 4 is 0 Å². The van der Waals surface area contributed by atoms with E-state index in [0.717, 1.165) is 7.11 Å². The summed E-state index contributed by atoms with van der Waals surface area (Å²) in [6.07, 6.45) is 0. The minimum atomic E-state index is 0. The predicted molar refractivity (Wildman–Crippen MR) is 92.5 cm³/mol. The average molecular weight is 362 g/mol. The van der Waals surface area contributed by atoms with Crippen molar-refractivity contribution in [3.8, 4) is 17.2 Å². The van der Waals surface area contributed by atoms with Gasteiger partial charge in [0, 0.05) is 28.8 Å². The van der Waals surface area contributed by atoms with Gasteiger partial charge in [-0.2, -0.15) is 0 Å². The first-order valence-corrected chi connectivity index (χ1v) is 6.85. The molecule has 3 aromatic rings. The Morgan fingerprint density at radius 1 is 0.417 bits per heavy atom. The van der Waals surface area contributed by atoms with E-state index in [-0.39, 0.29) is 21.7 Å². The van der Waals surface area contributed by atoms with Crippen LogP contribution in [0.25, 0.3) is 0 Å². The molecule has 0 bridgehead atoms. The molecule has 0 aliphatic rings. The van der Waals surface area contributed by atoms with Crippen LogP contribution in [0.15, 0.2) is 91.0 Å². The van der Waals surface area contributed by atoms with Gasteiger partial charge in [0.15, 0.2) is 0 Å². The Labute approximate surface area is 157 Å². The number of rotatable bonds is 0. The molecule has 4 nitrogen and oxygen atoms in total. The summed E-state index contributed by atoms with van der Waals surface area (Å²) in [6, 6.07) is 26.1. The molecule has 0 aliphatic carbocycles. The van der Waals surface area contributed by atoms with Crippen molar-refractivity contribution in [1.29, 1.82) is 0 Å². The monoisotopic (exact) mass is 362 g/mol. The topological polar surface area (TPSA) is 80.9 Å². The Kier molecular flexibility index (Phi) is 17.1. The van der Waals surface area contributed by atoms with E-state index in [0.29, 0.717) is 17.2 Å². The molecule has 0 unspecified atom stereocenters. The molecule has 126 valence electrons. The van der Waals surface area contributed by atoms with E-state index >= 15 is 0 Å². The Morgan fingerprint density at radius 2 is 0.583 bits per heavy atom. The van der Waals surface area contributed by atoms with Crippen molar-refractivity contribution in [2.75, 3.05) is 7.11 Å². The van der Waals surface area contributed by atoms with Crippen molar-refractivity contribution in [2.45, 2.75) is 0 Å². The zero-order chi connectivity index (χ0) is 17.3. The molecule has 0 saturated heterocycles. The van der Waals surface area contributed by atoms with Crippen molar-refractivity contribution in [3.05, 3.63) is 91.0 Å². The van der Waals surface area contributed by atoms with Crippen LogP contribution in [0.5, 0.6) is 17.2 Å². The third kappa shape index (κ3) is 14.7. The predicted octanol–water partition coefficient (Wildman–Crippen LogP) is 3.78. The molecule has 0 saturated carbocycles. The average Bonchev–Trinajstić information content (AvgIpc) is 2.60. The largest absolute Gasteiger partial charge is 0.508 e. The summed E-state index contributed by atoms with van der Waals surface area (Å²) in [5, 5.41) is 32.9. The van der Waals surface area contributed by atoms with Gasteiger partial charge in [-0.1, -0.05) is 54.6 Å². The number of phenolic OH excluding ortho intramolecular Hbond substituents is 3. The maximum absolute atomic E-state index is 8.63. The number of hydrogen-bond donors (Lipinski definition) is 4. The molecule has 0 atom stereocenters. The fraction of sp³-hybridized carbons (Fsp3) is 0.0526. The van der Waals surface area contributed by atoms with E-state index in [2.05, 4.69) is 0 Å². The van der Waals surface area contributed by atoms with Gasteiger partial charge in [0.05, 0.1) is 0 Å². The summed E-state index contributed by atoms with van der Waals surface area (Å²) < 4.78 is 0. The Bertz CT molecular complexity index is 500. The fourth-order valence-electron chi connectivity index (χ4n) is 1.28. The van der Waals surface area contributed by atoms with Gasteiger partial charge in [0.25, 0.3) is 0 Å². The van der Waals surface area contributed by atoms with E-state index in [1.54, 1.807) is 72.8 Å². The molecule has 0 heterocycles. The van der Waals surface area contributed by atoms with Gasteiger partial charge in [-0.3, -0.25) is 0 Å². The Hall–Kier alpha value is -2.27. The second kappa shape index (κ2) is 17.1. The normalized spacial score (nSPS) is 7.75. The van der Waals surface area contributed by atoms with Crippen LogP contribution >= 0.6 is 0 Å². The smallest absolute Gasteiger partial charge is 0.115 e. The third-order valence-electron chi connectivity index (χ3n) is 2.27. The quantitative estimate of drug-likeness (QED) is 0.459. The molecule has 0 amide bonds. The van der Waals surface area contributed by atoms with Crippen molar-refractivity contribution in [3.63, 3.8) is 0 Å². The first kappa shape index (κ1) is 24.0. The van der Waals surface area contributed by atoms with Crippen molar-refractivity contribution < 1.29 is 42.1 Å². The number of para-hydroxylation sites is 3. The van der Waals surface area contributed by atoms with Crippen LogP contribution in [0.4, 0.5) is 0 Å². The van der Waals surface area contributed by atoms with Crippen molar-refractivity contribution in [1.82, 2.24) is 0 Å². The third-order valence-corrected chi connectivity index (χ3v) is 2.27. The second-order valence-electron chi connectivity index (χ2n) is 4.01. The first-order chi connectivity index (χ1) is 11.2. The molecule has 4 N–H and O–H groups in total. The number of aliphatic hydroxyl groups is 1. The second-order valence-corrected chi connectivity index (χ2v) is 4.01. The number of phenols is 3. The van der Waals surface area contributed by atoms with Crippen LogP contribution in [0.3, 0.4) is 0 Å². The van der Waals surface area contributed by atoms with Gasteiger partial charge < -0.3 is 20.4 Å². The number of benzene rings is 3. The van der Waals surface area contributed by atoms with E-state index in [1.165, 1.54) is 0 Å². The van der Waals surface area contributed by atoms with Gasteiger partial charge in [0.2, 0.25) is 0 Å². The first-order valence-electron chi connectivity index (χ1n) is 6.85. The zero-order valence-electron chi connectivity index (χ0n) is 13.4. The van der Waals surface area contributed by atoms with Crippen LogP contribution in [-0.2, 0) is 21.7 Å². The standard InChI is InChI=1S/3C6H6O.CH4O.Ti/c3*7-6-4-2-1-3-5-6;1-2;/h3*1-5,7H;2H,1H3;. The van der Waals surface area contributed by atoms with Gasteiger partial charge in [-0.15, -0.1) is 0 Å². The molecule has 24 heavy (non-hydrogen) atoms. The van der Waals surface area contributed by atoms with Gasteiger partial charge in [-0.05, 0) is 36.4 Å². The summed E-state index contributed by atoms with van der Waals surface area (Å²) in [5.41, 5.74) is 0. The summed E-state index contributed by atoms with van der Waals surface area (Å²) in [6.45, 7) is 0. The molecule has 0 aromatic heterocycles. The van der Waals surface area contributed by atoms with E-state index < -0.39 is 0 Å². The summed E-state index contributed by atoms with van der Waals surface area (Å²) in [5.74, 6) is 0.965. The molecule has 3 rings (SSSR count).